The summed E-state index contributed by atoms with van der Waals surface area (Å²) in [6.45, 7) is 1.90. The zero-order valence-electron chi connectivity index (χ0n) is 11.2. The van der Waals surface area contributed by atoms with Crippen LogP contribution in [0.5, 0.6) is 0 Å². The number of carbonyl (C=O) groups excluding carboxylic acids is 1. The number of anilines is 1. The lowest BCUT2D eigenvalue weighted by atomic mass is 10.0. The Morgan fingerprint density at radius 2 is 2.00 bits per heavy atom. The van der Waals surface area contributed by atoms with E-state index < -0.39 is 0 Å². The van der Waals surface area contributed by atoms with Crippen LogP contribution in [0.2, 0.25) is 0 Å². The number of para-hydroxylation sites is 1. The normalized spacial score (nSPS) is 18.0. The number of hydrogen-bond acceptors (Lipinski definition) is 2. The van der Waals surface area contributed by atoms with Crippen LogP contribution in [0.4, 0.5) is 10.1 Å². The van der Waals surface area contributed by atoms with E-state index in [4.69, 9.17) is 0 Å². The first-order chi connectivity index (χ1) is 9.16. The Hall–Kier alpha value is -1.03. The number of nitrogens with one attached hydrogen (secondary N) is 1. The standard InChI is InChI=1S/C15H20FNOS/c1-11(19-12-7-3-2-4-8-12)15(18)17-14-10-6-5-9-13(14)16/h5-6,9-12H,2-4,7-8H2,1H3,(H,17,18). The van der Waals surface area contributed by atoms with Crippen molar-refractivity contribution in [3.63, 3.8) is 0 Å². The molecule has 0 spiro atoms. The first-order valence-corrected chi connectivity index (χ1v) is 7.82. The highest BCUT2D eigenvalue weighted by Crippen LogP contribution is 2.31. The Morgan fingerprint density at radius 1 is 1.32 bits per heavy atom. The number of benzene rings is 1. The summed E-state index contributed by atoms with van der Waals surface area (Å²) in [7, 11) is 0. The minimum Gasteiger partial charge on any atom is -0.323 e. The van der Waals surface area contributed by atoms with Crippen LogP contribution in [0.15, 0.2) is 24.3 Å². The predicted octanol–water partition coefficient (Wildman–Crippen LogP) is 4.22. The van der Waals surface area contributed by atoms with Gasteiger partial charge in [-0.25, -0.2) is 4.39 Å². The molecule has 0 aromatic heterocycles. The van der Waals surface area contributed by atoms with Crippen LogP contribution in [0, 0.1) is 5.82 Å². The summed E-state index contributed by atoms with van der Waals surface area (Å²) < 4.78 is 13.5. The van der Waals surface area contributed by atoms with Crippen molar-refractivity contribution >= 4 is 23.4 Å². The molecule has 1 saturated carbocycles. The number of thioether (sulfide) groups is 1. The minimum atomic E-state index is -0.384. The summed E-state index contributed by atoms with van der Waals surface area (Å²) in [5.41, 5.74) is 0.267. The fourth-order valence-electron chi connectivity index (χ4n) is 2.35. The quantitative estimate of drug-likeness (QED) is 0.895. The molecule has 1 atom stereocenters. The van der Waals surface area contributed by atoms with Crippen LogP contribution >= 0.6 is 11.8 Å². The number of rotatable bonds is 4. The monoisotopic (exact) mass is 281 g/mol. The maximum absolute atomic E-state index is 13.5. The van der Waals surface area contributed by atoms with Crippen molar-refractivity contribution in [2.24, 2.45) is 0 Å². The third kappa shape index (κ3) is 4.23. The molecule has 0 aliphatic heterocycles. The smallest absolute Gasteiger partial charge is 0.237 e. The zero-order chi connectivity index (χ0) is 13.7. The molecule has 104 valence electrons. The molecule has 1 aromatic carbocycles. The predicted molar refractivity (Wildman–Crippen MR) is 79.0 cm³/mol. The van der Waals surface area contributed by atoms with Gasteiger partial charge >= 0.3 is 0 Å². The Balaban J connectivity index is 1.87. The molecule has 1 fully saturated rings. The average Bonchev–Trinajstić information content (AvgIpc) is 2.42. The van der Waals surface area contributed by atoms with Gasteiger partial charge in [0.25, 0.3) is 0 Å². The van der Waals surface area contributed by atoms with E-state index in [-0.39, 0.29) is 22.7 Å². The Morgan fingerprint density at radius 3 is 2.68 bits per heavy atom. The molecule has 19 heavy (non-hydrogen) atoms. The fourth-order valence-corrected chi connectivity index (χ4v) is 3.71. The molecule has 1 aromatic rings. The van der Waals surface area contributed by atoms with Crippen LogP contribution in [-0.2, 0) is 4.79 Å². The van der Waals surface area contributed by atoms with E-state index in [1.807, 2.05) is 6.92 Å². The second-order valence-electron chi connectivity index (χ2n) is 5.01. The van der Waals surface area contributed by atoms with Gasteiger partial charge in [0.05, 0.1) is 10.9 Å². The number of halogens is 1. The topological polar surface area (TPSA) is 29.1 Å². The largest absolute Gasteiger partial charge is 0.323 e. The van der Waals surface area contributed by atoms with Crippen molar-refractivity contribution in [1.29, 1.82) is 0 Å². The van der Waals surface area contributed by atoms with E-state index >= 15 is 0 Å². The van der Waals surface area contributed by atoms with Crippen molar-refractivity contribution in [3.8, 4) is 0 Å². The molecule has 0 bridgehead atoms. The summed E-state index contributed by atoms with van der Waals surface area (Å²) in [6, 6.07) is 6.28. The lowest BCUT2D eigenvalue weighted by molar-refractivity contribution is -0.115. The van der Waals surface area contributed by atoms with Crippen LogP contribution < -0.4 is 5.32 Å². The Kier molecular flexibility index (Phi) is 5.25. The molecule has 0 saturated heterocycles. The van der Waals surface area contributed by atoms with Crippen LogP contribution in [0.1, 0.15) is 39.0 Å². The van der Waals surface area contributed by atoms with E-state index in [1.54, 1.807) is 30.0 Å². The van der Waals surface area contributed by atoms with E-state index in [9.17, 15) is 9.18 Å². The third-order valence-electron chi connectivity index (χ3n) is 3.45. The molecule has 1 amide bonds. The first kappa shape index (κ1) is 14.4. The minimum absolute atomic E-state index is 0.110. The van der Waals surface area contributed by atoms with Gasteiger partial charge in [-0.15, -0.1) is 11.8 Å². The van der Waals surface area contributed by atoms with E-state index in [0.29, 0.717) is 5.25 Å². The lowest BCUT2D eigenvalue weighted by Gasteiger charge is -2.23. The maximum Gasteiger partial charge on any atom is 0.237 e. The van der Waals surface area contributed by atoms with Crippen LogP contribution in [0.25, 0.3) is 0 Å². The van der Waals surface area contributed by atoms with Crippen molar-refractivity contribution in [2.45, 2.75) is 49.5 Å². The molecule has 1 aliphatic rings. The van der Waals surface area contributed by atoms with Crippen molar-refractivity contribution in [1.82, 2.24) is 0 Å². The van der Waals surface area contributed by atoms with Crippen molar-refractivity contribution < 1.29 is 9.18 Å². The number of amides is 1. The Labute approximate surface area is 118 Å². The first-order valence-electron chi connectivity index (χ1n) is 6.87. The van der Waals surface area contributed by atoms with Crippen LogP contribution in [0.3, 0.4) is 0 Å². The van der Waals surface area contributed by atoms with Gasteiger partial charge in [-0.2, -0.15) is 0 Å². The molecule has 0 heterocycles. The number of carbonyl (C=O) groups is 1. The molecule has 0 radical (unpaired) electrons. The molecular formula is C15H20FNOS. The molecule has 1 unspecified atom stereocenters. The van der Waals surface area contributed by atoms with E-state index in [2.05, 4.69) is 5.32 Å². The van der Waals surface area contributed by atoms with Gasteiger partial charge < -0.3 is 5.32 Å². The summed E-state index contributed by atoms with van der Waals surface area (Å²) in [4.78, 5) is 12.0. The second-order valence-corrected chi connectivity index (χ2v) is 6.65. The second kappa shape index (κ2) is 6.94. The van der Waals surface area contributed by atoms with Gasteiger partial charge in [-0.3, -0.25) is 4.79 Å². The van der Waals surface area contributed by atoms with Crippen molar-refractivity contribution in [3.05, 3.63) is 30.1 Å². The average molecular weight is 281 g/mol. The molecule has 2 nitrogen and oxygen atoms in total. The van der Waals surface area contributed by atoms with Gasteiger partial charge in [-0.05, 0) is 31.9 Å². The maximum atomic E-state index is 13.5. The molecule has 2 rings (SSSR count). The Bertz CT molecular complexity index is 432. The highest BCUT2D eigenvalue weighted by atomic mass is 32.2. The zero-order valence-corrected chi connectivity index (χ0v) is 12.0. The third-order valence-corrected chi connectivity index (χ3v) is 4.93. The van der Waals surface area contributed by atoms with E-state index in [1.165, 1.54) is 38.2 Å². The summed E-state index contributed by atoms with van der Waals surface area (Å²) >= 11 is 1.72. The lowest BCUT2D eigenvalue weighted by Crippen LogP contribution is -2.25. The summed E-state index contributed by atoms with van der Waals surface area (Å²) in [5, 5.41) is 3.11. The molecule has 1 N–H and O–H groups in total. The van der Waals surface area contributed by atoms with Gasteiger partial charge in [0.2, 0.25) is 5.91 Å². The highest BCUT2D eigenvalue weighted by molar-refractivity contribution is 8.01. The van der Waals surface area contributed by atoms with Gasteiger partial charge in [-0.1, -0.05) is 31.4 Å². The fraction of sp³-hybridized carbons (Fsp3) is 0.533. The van der Waals surface area contributed by atoms with Gasteiger partial charge in [0, 0.05) is 5.25 Å². The number of hydrogen-bond donors (Lipinski definition) is 1. The SMILES string of the molecule is CC(SC1CCCCC1)C(=O)Nc1ccccc1F. The summed E-state index contributed by atoms with van der Waals surface area (Å²) in [5.74, 6) is -0.494. The molecular weight excluding hydrogens is 261 g/mol. The van der Waals surface area contributed by atoms with Crippen molar-refractivity contribution in [2.75, 3.05) is 5.32 Å². The van der Waals surface area contributed by atoms with Gasteiger partial charge in [0.1, 0.15) is 5.82 Å². The highest BCUT2D eigenvalue weighted by Gasteiger charge is 2.21. The van der Waals surface area contributed by atoms with Gasteiger partial charge in [0.15, 0.2) is 0 Å². The van der Waals surface area contributed by atoms with Crippen LogP contribution in [-0.4, -0.2) is 16.4 Å². The molecule has 1 aliphatic carbocycles. The van der Waals surface area contributed by atoms with E-state index in [0.717, 1.165) is 0 Å². The summed E-state index contributed by atoms with van der Waals surface area (Å²) in [6.07, 6.45) is 6.23. The molecule has 4 heteroatoms.